The van der Waals surface area contributed by atoms with Gasteiger partial charge in [0.05, 0.1) is 0 Å². The summed E-state index contributed by atoms with van der Waals surface area (Å²) in [6, 6.07) is 17.7. The SMILES string of the molecule is CCC(C)C(NC(=O)OC(C)(C)C)C(=O)N(C(C(=O)Nc1ccc2ccccc2c1)c1ccc(C)cc1C)C(C)(C)C. The summed E-state index contributed by atoms with van der Waals surface area (Å²) >= 11 is 0. The molecule has 3 amide bonds. The highest BCUT2D eigenvalue weighted by Crippen LogP contribution is 2.34. The zero-order valence-electron chi connectivity index (χ0n) is 26.8. The van der Waals surface area contributed by atoms with E-state index in [2.05, 4.69) is 10.6 Å². The Morgan fingerprint density at radius 3 is 2.10 bits per heavy atom. The molecule has 0 saturated carbocycles. The number of carbonyl (C=O) groups excluding carboxylic acids is 3. The molecular formula is C35H47N3O4. The molecule has 0 saturated heterocycles. The largest absolute Gasteiger partial charge is 0.444 e. The smallest absolute Gasteiger partial charge is 0.408 e. The molecule has 0 aliphatic carbocycles. The predicted molar refractivity (Wildman–Crippen MR) is 170 cm³/mol. The number of hydrogen-bond donors (Lipinski definition) is 2. The molecule has 226 valence electrons. The average molecular weight is 574 g/mol. The number of rotatable bonds is 8. The van der Waals surface area contributed by atoms with Crippen molar-refractivity contribution < 1.29 is 19.1 Å². The number of carbonyl (C=O) groups is 3. The van der Waals surface area contributed by atoms with Crippen LogP contribution in [-0.2, 0) is 14.3 Å². The van der Waals surface area contributed by atoms with Gasteiger partial charge in [0, 0.05) is 11.2 Å². The zero-order chi connectivity index (χ0) is 31.4. The van der Waals surface area contributed by atoms with Crippen LogP contribution < -0.4 is 10.6 Å². The molecule has 2 N–H and O–H groups in total. The lowest BCUT2D eigenvalue weighted by Crippen LogP contribution is -2.59. The van der Waals surface area contributed by atoms with Gasteiger partial charge in [-0.15, -0.1) is 0 Å². The van der Waals surface area contributed by atoms with Crippen molar-refractivity contribution in [3.63, 3.8) is 0 Å². The summed E-state index contributed by atoms with van der Waals surface area (Å²) in [6.07, 6.45) is -0.0273. The van der Waals surface area contributed by atoms with Crippen LogP contribution in [0.1, 0.15) is 84.5 Å². The van der Waals surface area contributed by atoms with E-state index in [1.54, 1.807) is 25.7 Å². The molecule has 0 spiro atoms. The molecule has 0 aliphatic heterocycles. The Labute approximate surface area is 251 Å². The van der Waals surface area contributed by atoms with Gasteiger partial charge in [-0.2, -0.15) is 0 Å². The molecule has 3 aromatic rings. The van der Waals surface area contributed by atoms with E-state index in [9.17, 15) is 14.4 Å². The second kappa shape index (κ2) is 13.0. The first kappa shape index (κ1) is 32.6. The Morgan fingerprint density at radius 1 is 0.881 bits per heavy atom. The van der Waals surface area contributed by atoms with Crippen LogP contribution in [0.4, 0.5) is 10.5 Å². The zero-order valence-corrected chi connectivity index (χ0v) is 26.8. The van der Waals surface area contributed by atoms with Crippen LogP contribution >= 0.6 is 0 Å². The lowest BCUT2D eigenvalue weighted by atomic mass is 9.90. The van der Waals surface area contributed by atoms with Crippen LogP contribution in [-0.4, -0.2) is 40.0 Å². The minimum Gasteiger partial charge on any atom is -0.444 e. The van der Waals surface area contributed by atoms with Gasteiger partial charge in [0.1, 0.15) is 17.7 Å². The van der Waals surface area contributed by atoms with Gasteiger partial charge in [0.2, 0.25) is 5.91 Å². The average Bonchev–Trinajstić information content (AvgIpc) is 2.88. The summed E-state index contributed by atoms with van der Waals surface area (Å²) < 4.78 is 5.52. The molecule has 3 rings (SSSR count). The summed E-state index contributed by atoms with van der Waals surface area (Å²) in [5.74, 6) is -0.889. The highest BCUT2D eigenvalue weighted by Gasteiger charge is 2.43. The van der Waals surface area contributed by atoms with Crippen molar-refractivity contribution in [1.29, 1.82) is 0 Å². The van der Waals surface area contributed by atoms with Crippen molar-refractivity contribution in [3.05, 3.63) is 77.4 Å². The standard InChI is InChI=1S/C35H47N3O4/c1-11-23(3)29(37-33(41)42-35(8,9)10)32(40)38(34(5,6)7)30(28-19-16-22(2)20-24(28)4)31(39)36-27-18-17-25-14-12-13-15-26(25)21-27/h12-21,23,29-30H,11H2,1-10H3,(H,36,39)(H,37,41). The Bertz CT molecular complexity index is 1430. The van der Waals surface area contributed by atoms with Crippen molar-refractivity contribution in [2.45, 2.75) is 98.9 Å². The molecule has 7 heteroatoms. The summed E-state index contributed by atoms with van der Waals surface area (Å²) in [5, 5.41) is 7.99. The third-order valence-corrected chi connectivity index (χ3v) is 7.35. The van der Waals surface area contributed by atoms with Crippen LogP contribution in [0.5, 0.6) is 0 Å². The first-order valence-corrected chi connectivity index (χ1v) is 14.7. The van der Waals surface area contributed by atoms with E-state index in [1.165, 1.54) is 0 Å². The Balaban J connectivity index is 2.12. The number of alkyl carbamates (subject to hydrolysis) is 1. The lowest BCUT2D eigenvalue weighted by molar-refractivity contribution is -0.148. The third-order valence-electron chi connectivity index (χ3n) is 7.35. The van der Waals surface area contributed by atoms with Gasteiger partial charge in [0.25, 0.3) is 5.91 Å². The fraction of sp³-hybridized carbons (Fsp3) is 0.457. The van der Waals surface area contributed by atoms with Gasteiger partial charge < -0.3 is 20.3 Å². The molecule has 0 fully saturated rings. The molecule has 0 heterocycles. The number of hydrogen-bond acceptors (Lipinski definition) is 4. The van der Waals surface area contributed by atoms with E-state index in [0.29, 0.717) is 12.1 Å². The van der Waals surface area contributed by atoms with Gasteiger partial charge in [0.15, 0.2) is 0 Å². The molecule has 3 aromatic carbocycles. The van der Waals surface area contributed by atoms with E-state index in [0.717, 1.165) is 27.5 Å². The number of fused-ring (bicyclic) bond motifs is 1. The molecule has 0 radical (unpaired) electrons. The monoisotopic (exact) mass is 573 g/mol. The maximum atomic E-state index is 14.6. The maximum Gasteiger partial charge on any atom is 0.408 e. The fourth-order valence-corrected chi connectivity index (χ4v) is 5.12. The fourth-order valence-electron chi connectivity index (χ4n) is 5.12. The van der Waals surface area contributed by atoms with E-state index in [4.69, 9.17) is 4.74 Å². The first-order chi connectivity index (χ1) is 19.5. The maximum absolute atomic E-state index is 14.6. The van der Waals surface area contributed by atoms with Crippen LogP contribution in [0.3, 0.4) is 0 Å². The van der Waals surface area contributed by atoms with Crippen LogP contribution in [0.15, 0.2) is 60.7 Å². The first-order valence-electron chi connectivity index (χ1n) is 14.7. The molecule has 3 atom stereocenters. The lowest BCUT2D eigenvalue weighted by Gasteiger charge is -2.44. The van der Waals surface area contributed by atoms with Crippen LogP contribution in [0.2, 0.25) is 0 Å². The third kappa shape index (κ3) is 8.11. The number of nitrogens with one attached hydrogen (secondary N) is 2. The molecule has 42 heavy (non-hydrogen) atoms. The van der Waals surface area contributed by atoms with Crippen molar-refractivity contribution >= 4 is 34.4 Å². The summed E-state index contributed by atoms with van der Waals surface area (Å²) in [7, 11) is 0. The normalized spacial score (nSPS) is 14.0. The van der Waals surface area contributed by atoms with Gasteiger partial charge in [-0.3, -0.25) is 9.59 Å². The van der Waals surface area contributed by atoms with E-state index < -0.39 is 29.3 Å². The number of amides is 3. The van der Waals surface area contributed by atoms with E-state index >= 15 is 0 Å². The number of aryl methyl sites for hydroxylation is 2. The molecular weight excluding hydrogens is 526 g/mol. The molecule has 0 aliphatic rings. The second-order valence-electron chi connectivity index (χ2n) is 13.2. The topological polar surface area (TPSA) is 87.7 Å². The number of benzene rings is 3. The summed E-state index contributed by atoms with van der Waals surface area (Å²) in [4.78, 5) is 43.4. The van der Waals surface area contributed by atoms with Crippen molar-refractivity contribution in [2.24, 2.45) is 5.92 Å². The molecule has 0 aromatic heterocycles. The minimum absolute atomic E-state index is 0.210. The molecule has 3 unspecified atom stereocenters. The Morgan fingerprint density at radius 2 is 1.52 bits per heavy atom. The number of ether oxygens (including phenoxy) is 1. The Hall–Kier alpha value is -3.87. The van der Waals surface area contributed by atoms with Crippen LogP contribution in [0, 0.1) is 19.8 Å². The highest BCUT2D eigenvalue weighted by molar-refractivity contribution is 6.01. The summed E-state index contributed by atoms with van der Waals surface area (Å²) in [6.45, 7) is 18.9. The second-order valence-corrected chi connectivity index (χ2v) is 13.2. The van der Waals surface area contributed by atoms with Crippen molar-refractivity contribution in [2.75, 3.05) is 5.32 Å². The van der Waals surface area contributed by atoms with Crippen LogP contribution in [0.25, 0.3) is 10.8 Å². The highest BCUT2D eigenvalue weighted by atomic mass is 16.6. The van der Waals surface area contributed by atoms with Gasteiger partial charge in [-0.25, -0.2) is 4.79 Å². The molecule has 7 nitrogen and oxygen atoms in total. The quantitative estimate of drug-likeness (QED) is 0.289. The minimum atomic E-state index is -0.962. The number of nitrogens with zero attached hydrogens (tertiary/aromatic N) is 1. The van der Waals surface area contributed by atoms with Crippen molar-refractivity contribution in [1.82, 2.24) is 10.2 Å². The number of anilines is 1. The predicted octanol–water partition coefficient (Wildman–Crippen LogP) is 7.70. The van der Waals surface area contributed by atoms with E-state index in [1.807, 2.05) is 109 Å². The van der Waals surface area contributed by atoms with Gasteiger partial charge >= 0.3 is 6.09 Å². The Kier molecular flexibility index (Phi) is 10.1. The molecule has 0 bridgehead atoms. The van der Waals surface area contributed by atoms with Crippen molar-refractivity contribution in [3.8, 4) is 0 Å². The summed E-state index contributed by atoms with van der Waals surface area (Å²) in [5.41, 5.74) is 1.82. The van der Waals surface area contributed by atoms with Gasteiger partial charge in [-0.1, -0.05) is 74.4 Å². The van der Waals surface area contributed by atoms with E-state index in [-0.39, 0.29) is 17.7 Å². The van der Waals surface area contributed by atoms with Gasteiger partial charge in [-0.05, 0) is 95.3 Å².